The lowest BCUT2D eigenvalue weighted by Crippen LogP contribution is -2.63. The van der Waals surface area contributed by atoms with Gasteiger partial charge in [-0.3, -0.25) is 4.79 Å². The number of aliphatic imine (C=N–C) groups is 1. The molecular weight excluding hydrogens is 711 g/mol. The number of hydrogen-bond acceptors (Lipinski definition) is 11. The number of ether oxygens (including phenoxy) is 6. The van der Waals surface area contributed by atoms with Crippen LogP contribution in [-0.2, 0) is 44.6 Å². The Morgan fingerprint density at radius 1 is 0.667 bits per heavy atom. The average Bonchev–Trinajstić information content (AvgIpc) is 3.17. The van der Waals surface area contributed by atoms with Gasteiger partial charge < -0.3 is 33.2 Å². The fourth-order valence-corrected chi connectivity index (χ4v) is 5.29. The van der Waals surface area contributed by atoms with Gasteiger partial charge in [-0.05, 0) is 48.9 Å². The lowest BCUT2D eigenvalue weighted by atomic mass is 9.97. The van der Waals surface area contributed by atoms with Gasteiger partial charge in [0.1, 0.15) is 24.6 Å². The third-order valence-corrected chi connectivity index (χ3v) is 7.92. The Hall–Kier alpha value is -5.86. The van der Waals surface area contributed by atoms with Gasteiger partial charge in [0.05, 0.1) is 29.8 Å². The lowest BCUT2D eigenvalue weighted by molar-refractivity contribution is -0.296. The first-order valence-corrected chi connectivity index (χ1v) is 16.8. The molecule has 54 heavy (non-hydrogen) atoms. The van der Waals surface area contributed by atoms with E-state index in [1.165, 1.54) is 55.5 Å². The van der Waals surface area contributed by atoms with Crippen LogP contribution in [0.2, 0.25) is 0 Å². The SMILES string of the molecule is CC(=O)CCC(=O)O[C@H]1[C@H](OCc2ccccc2)[C@@H](OC(=O)c2ccccc2)[C@@H](OC(=Nc2ccccc2)C(F)(F)F)O[C@@H]1COC(=O)c1ccccc1. The molecule has 1 saturated heterocycles. The number of benzene rings is 4. The number of alkyl halides is 3. The molecule has 0 bridgehead atoms. The van der Waals surface area contributed by atoms with E-state index in [4.69, 9.17) is 28.4 Å². The summed E-state index contributed by atoms with van der Waals surface area (Å²) in [6, 6.07) is 31.2. The van der Waals surface area contributed by atoms with Gasteiger partial charge in [0, 0.05) is 6.42 Å². The Morgan fingerprint density at radius 3 is 1.80 bits per heavy atom. The van der Waals surface area contributed by atoms with Crippen molar-refractivity contribution in [1.82, 2.24) is 0 Å². The molecule has 1 heterocycles. The molecule has 4 aromatic carbocycles. The van der Waals surface area contributed by atoms with Crippen molar-refractivity contribution in [3.63, 3.8) is 0 Å². The highest BCUT2D eigenvalue weighted by atomic mass is 19.4. The number of halogens is 3. The Morgan fingerprint density at radius 2 is 1.22 bits per heavy atom. The van der Waals surface area contributed by atoms with Crippen molar-refractivity contribution >= 4 is 35.3 Å². The molecule has 1 aliphatic rings. The van der Waals surface area contributed by atoms with Crippen LogP contribution in [0, 0.1) is 0 Å². The first-order valence-electron chi connectivity index (χ1n) is 16.8. The number of rotatable bonds is 14. The van der Waals surface area contributed by atoms with Gasteiger partial charge in [0.25, 0.3) is 5.90 Å². The highest BCUT2D eigenvalue weighted by Gasteiger charge is 2.54. The van der Waals surface area contributed by atoms with Gasteiger partial charge in [0.2, 0.25) is 6.29 Å². The molecule has 0 amide bonds. The number of nitrogens with zero attached hydrogens (tertiary/aromatic N) is 1. The van der Waals surface area contributed by atoms with E-state index in [0.29, 0.717) is 5.56 Å². The van der Waals surface area contributed by atoms with E-state index in [2.05, 4.69) is 4.99 Å². The number of Topliss-reactive ketones (excluding diaryl/α,β-unsaturated/α-hetero) is 1. The van der Waals surface area contributed by atoms with Crippen molar-refractivity contribution < 1.29 is 60.8 Å². The summed E-state index contributed by atoms with van der Waals surface area (Å²) >= 11 is 0. The molecule has 1 fully saturated rings. The third kappa shape index (κ3) is 11.3. The molecule has 5 atom stereocenters. The van der Waals surface area contributed by atoms with E-state index in [-0.39, 0.29) is 42.0 Å². The molecule has 1 aliphatic heterocycles. The molecule has 5 rings (SSSR count). The van der Waals surface area contributed by atoms with Crippen LogP contribution < -0.4 is 0 Å². The number of hydrogen-bond donors (Lipinski definition) is 0. The van der Waals surface area contributed by atoms with Crippen molar-refractivity contribution in [2.45, 2.75) is 63.3 Å². The smallest absolute Gasteiger partial charge is 0.459 e. The Kier molecular flexibility index (Phi) is 13.7. The highest BCUT2D eigenvalue weighted by molar-refractivity contribution is 5.90. The van der Waals surface area contributed by atoms with E-state index >= 15 is 0 Å². The lowest BCUT2D eigenvalue weighted by Gasteiger charge is -2.44. The predicted octanol–water partition coefficient (Wildman–Crippen LogP) is 6.97. The fraction of sp³-hybridized carbons (Fsp3) is 0.275. The van der Waals surface area contributed by atoms with Crippen LogP contribution >= 0.6 is 0 Å². The number of ketones is 1. The van der Waals surface area contributed by atoms with Gasteiger partial charge in [-0.25, -0.2) is 14.6 Å². The minimum Gasteiger partial charge on any atom is -0.459 e. The summed E-state index contributed by atoms with van der Waals surface area (Å²) in [6.07, 6.45) is -14.4. The third-order valence-electron chi connectivity index (χ3n) is 7.92. The molecule has 11 nitrogen and oxygen atoms in total. The summed E-state index contributed by atoms with van der Waals surface area (Å²) in [5, 5.41) is 0. The van der Waals surface area contributed by atoms with Gasteiger partial charge in [-0.1, -0.05) is 84.9 Å². The Labute approximate surface area is 308 Å². The van der Waals surface area contributed by atoms with Crippen molar-refractivity contribution in [1.29, 1.82) is 0 Å². The second-order valence-corrected chi connectivity index (χ2v) is 12.0. The minimum atomic E-state index is -5.18. The minimum absolute atomic E-state index is 0.0287. The molecule has 0 spiro atoms. The van der Waals surface area contributed by atoms with Crippen LogP contribution in [0.5, 0.6) is 0 Å². The van der Waals surface area contributed by atoms with Crippen LogP contribution in [0.3, 0.4) is 0 Å². The molecule has 14 heteroatoms. The van der Waals surface area contributed by atoms with E-state index in [0.717, 1.165) is 0 Å². The molecule has 0 N–H and O–H groups in total. The summed E-state index contributed by atoms with van der Waals surface area (Å²) < 4.78 is 78.7. The molecule has 0 aliphatic carbocycles. The molecule has 0 aromatic heterocycles. The largest absolute Gasteiger partial charge is 0.468 e. The first kappa shape index (κ1) is 39.3. The standard InChI is InChI=1S/C40H36F3NO10/c1-26(45)22-23-32(46)52-33-31(25-50-36(47)28-16-8-3-9-17-28)51-38(54-39(40(41,42)43)44-30-20-12-5-13-21-30)35(53-37(48)29-18-10-4-11-19-29)34(33)49-24-27-14-6-2-7-15-27/h2-21,31,33-35,38H,22-25H2,1H3/t31-,33-,34+,35-,38-/m1/s1. The van der Waals surface area contributed by atoms with Gasteiger partial charge in [0.15, 0.2) is 12.2 Å². The summed E-state index contributed by atoms with van der Waals surface area (Å²) in [5.41, 5.74) is 0.670. The number of para-hydroxylation sites is 1. The molecule has 0 radical (unpaired) electrons. The van der Waals surface area contributed by atoms with Crippen LogP contribution in [0.1, 0.15) is 46.0 Å². The maximum atomic E-state index is 14.6. The molecule has 0 saturated carbocycles. The summed E-state index contributed by atoms with van der Waals surface area (Å²) in [7, 11) is 0. The monoisotopic (exact) mass is 747 g/mol. The Bertz CT molecular complexity index is 1880. The van der Waals surface area contributed by atoms with Crippen LogP contribution in [0.4, 0.5) is 18.9 Å². The maximum Gasteiger partial charge on any atom is 0.468 e. The second kappa shape index (κ2) is 18.8. The zero-order chi connectivity index (χ0) is 38.5. The predicted molar refractivity (Wildman–Crippen MR) is 187 cm³/mol. The molecule has 0 unspecified atom stereocenters. The zero-order valence-electron chi connectivity index (χ0n) is 28.9. The molecule has 4 aromatic rings. The van der Waals surface area contributed by atoms with Crippen LogP contribution in [-0.4, -0.2) is 73.1 Å². The second-order valence-electron chi connectivity index (χ2n) is 12.0. The van der Waals surface area contributed by atoms with Crippen LogP contribution in [0.15, 0.2) is 126 Å². The number of esters is 3. The van der Waals surface area contributed by atoms with E-state index < -0.39 is 67.3 Å². The zero-order valence-corrected chi connectivity index (χ0v) is 28.9. The molecular formula is C40H36F3NO10. The number of carbonyl (C=O) groups is 4. The molecule has 282 valence electrons. The van der Waals surface area contributed by atoms with Gasteiger partial charge >= 0.3 is 24.1 Å². The summed E-state index contributed by atoms with van der Waals surface area (Å²) in [4.78, 5) is 55.1. The maximum absolute atomic E-state index is 14.6. The quantitative estimate of drug-likeness (QED) is 0.0576. The number of carbonyl (C=O) groups excluding carboxylic acids is 4. The van der Waals surface area contributed by atoms with Crippen molar-refractivity contribution in [2.75, 3.05) is 6.61 Å². The topological polar surface area (TPSA) is 136 Å². The van der Waals surface area contributed by atoms with E-state index in [1.54, 1.807) is 72.8 Å². The van der Waals surface area contributed by atoms with Crippen LogP contribution in [0.25, 0.3) is 0 Å². The van der Waals surface area contributed by atoms with Gasteiger partial charge in [-0.15, -0.1) is 0 Å². The normalized spacial score (nSPS) is 20.0. The summed E-state index contributed by atoms with van der Waals surface area (Å²) in [6.45, 7) is 0.394. The van der Waals surface area contributed by atoms with Crippen molar-refractivity contribution in [3.05, 3.63) is 138 Å². The first-order chi connectivity index (χ1) is 26.0. The van der Waals surface area contributed by atoms with Crippen molar-refractivity contribution in [2.24, 2.45) is 4.99 Å². The Balaban J connectivity index is 1.58. The van der Waals surface area contributed by atoms with Crippen molar-refractivity contribution in [3.8, 4) is 0 Å². The summed E-state index contributed by atoms with van der Waals surface area (Å²) in [5.74, 6) is -4.77. The van der Waals surface area contributed by atoms with E-state index in [9.17, 15) is 32.3 Å². The van der Waals surface area contributed by atoms with Gasteiger partial charge in [-0.2, -0.15) is 13.2 Å². The van der Waals surface area contributed by atoms with E-state index in [1.807, 2.05) is 0 Å². The highest BCUT2D eigenvalue weighted by Crippen LogP contribution is 2.34. The average molecular weight is 748 g/mol. The fourth-order valence-electron chi connectivity index (χ4n) is 5.29.